The van der Waals surface area contributed by atoms with Gasteiger partial charge in [-0.1, -0.05) is 13.0 Å². The van der Waals surface area contributed by atoms with Crippen LogP contribution in [0.4, 0.5) is 0 Å². The van der Waals surface area contributed by atoms with Gasteiger partial charge in [0.15, 0.2) is 18.1 Å². The van der Waals surface area contributed by atoms with Crippen molar-refractivity contribution in [3.8, 4) is 11.5 Å². The monoisotopic (exact) mass is 455 g/mol. The van der Waals surface area contributed by atoms with E-state index in [2.05, 4.69) is 15.9 Å². The summed E-state index contributed by atoms with van der Waals surface area (Å²) in [5.74, 6) is 0.0770. The Kier molecular flexibility index (Phi) is 8.12. The second-order valence-corrected chi connectivity index (χ2v) is 7.63. The van der Waals surface area contributed by atoms with Crippen molar-refractivity contribution in [2.24, 2.45) is 0 Å². The molecule has 1 aromatic heterocycles. The zero-order valence-corrected chi connectivity index (χ0v) is 17.9. The van der Waals surface area contributed by atoms with E-state index in [1.54, 1.807) is 24.5 Å². The molecule has 1 aromatic carbocycles. The summed E-state index contributed by atoms with van der Waals surface area (Å²) in [7, 11) is 3.17. The van der Waals surface area contributed by atoms with Crippen LogP contribution in [0.3, 0.4) is 0 Å². The van der Waals surface area contributed by atoms with Crippen molar-refractivity contribution in [1.29, 1.82) is 0 Å². The molecule has 1 amide bonds. The zero-order chi connectivity index (χ0) is 19.8. The average molecular weight is 456 g/mol. The first-order valence-electron chi connectivity index (χ1n) is 8.40. The van der Waals surface area contributed by atoms with Gasteiger partial charge in [-0.3, -0.25) is 4.79 Å². The van der Waals surface area contributed by atoms with E-state index in [4.69, 9.17) is 14.2 Å². The SMILES string of the molecule is CCCOc1c(Br)cc(C(=O)OCC(=O)N(C)Cc2cccs2)cc1OC. The van der Waals surface area contributed by atoms with Crippen LogP contribution in [-0.2, 0) is 16.1 Å². The number of likely N-dealkylation sites (N-methyl/N-ethyl adjacent to an activating group) is 1. The molecule has 1 heterocycles. The lowest BCUT2D eigenvalue weighted by molar-refractivity contribution is -0.133. The molecule has 0 saturated carbocycles. The molecule has 6 nitrogen and oxygen atoms in total. The van der Waals surface area contributed by atoms with Crippen LogP contribution < -0.4 is 9.47 Å². The van der Waals surface area contributed by atoms with E-state index < -0.39 is 5.97 Å². The van der Waals surface area contributed by atoms with E-state index in [0.717, 1.165) is 11.3 Å². The molecule has 0 aliphatic carbocycles. The Labute approximate surface area is 171 Å². The van der Waals surface area contributed by atoms with Crippen molar-refractivity contribution < 1.29 is 23.8 Å². The molecule has 146 valence electrons. The third-order valence-corrected chi connectivity index (χ3v) is 5.09. The Balaban J connectivity index is 1.98. The molecule has 2 rings (SSSR count). The Hall–Kier alpha value is -2.06. The van der Waals surface area contributed by atoms with Crippen molar-refractivity contribution in [3.05, 3.63) is 44.6 Å². The van der Waals surface area contributed by atoms with Crippen molar-refractivity contribution in [2.45, 2.75) is 19.9 Å². The molecule has 0 bridgehead atoms. The Morgan fingerprint density at radius 1 is 1.30 bits per heavy atom. The molecule has 0 aliphatic rings. The number of methoxy groups -OCH3 is 1. The number of halogens is 1. The predicted molar refractivity (Wildman–Crippen MR) is 108 cm³/mol. The summed E-state index contributed by atoms with van der Waals surface area (Å²) in [4.78, 5) is 27.1. The van der Waals surface area contributed by atoms with E-state index >= 15 is 0 Å². The van der Waals surface area contributed by atoms with Crippen LogP contribution in [0, 0.1) is 0 Å². The average Bonchev–Trinajstić information content (AvgIpc) is 3.17. The third-order valence-electron chi connectivity index (χ3n) is 3.64. The molecule has 0 aliphatic heterocycles. The fourth-order valence-electron chi connectivity index (χ4n) is 2.23. The van der Waals surface area contributed by atoms with Gasteiger partial charge in [-0.25, -0.2) is 4.79 Å². The second-order valence-electron chi connectivity index (χ2n) is 5.74. The van der Waals surface area contributed by atoms with Crippen molar-refractivity contribution in [1.82, 2.24) is 4.90 Å². The van der Waals surface area contributed by atoms with Gasteiger partial charge in [-0.05, 0) is 45.9 Å². The number of hydrogen-bond donors (Lipinski definition) is 0. The number of hydrogen-bond acceptors (Lipinski definition) is 6. The summed E-state index contributed by atoms with van der Waals surface area (Å²) < 4.78 is 16.7. The quantitative estimate of drug-likeness (QED) is 0.531. The van der Waals surface area contributed by atoms with E-state index in [9.17, 15) is 9.59 Å². The number of thiophene rings is 1. The molecule has 0 N–H and O–H groups in total. The van der Waals surface area contributed by atoms with E-state index in [1.165, 1.54) is 18.1 Å². The smallest absolute Gasteiger partial charge is 0.338 e. The fraction of sp³-hybridized carbons (Fsp3) is 0.368. The topological polar surface area (TPSA) is 65.1 Å². The lowest BCUT2D eigenvalue weighted by Gasteiger charge is -2.16. The van der Waals surface area contributed by atoms with E-state index in [0.29, 0.717) is 29.1 Å². The summed E-state index contributed by atoms with van der Waals surface area (Å²) in [6.45, 7) is 2.69. The first-order chi connectivity index (χ1) is 13.0. The van der Waals surface area contributed by atoms with Crippen LogP contribution in [0.2, 0.25) is 0 Å². The van der Waals surface area contributed by atoms with Gasteiger partial charge in [0.25, 0.3) is 5.91 Å². The van der Waals surface area contributed by atoms with E-state index in [1.807, 2.05) is 24.4 Å². The number of ether oxygens (including phenoxy) is 3. The van der Waals surface area contributed by atoms with Crippen LogP contribution in [-0.4, -0.2) is 44.1 Å². The van der Waals surface area contributed by atoms with Crippen LogP contribution in [0.1, 0.15) is 28.6 Å². The molecule has 0 spiro atoms. The van der Waals surface area contributed by atoms with Gasteiger partial charge in [-0.15, -0.1) is 11.3 Å². The highest BCUT2D eigenvalue weighted by Crippen LogP contribution is 2.37. The Bertz CT molecular complexity index is 779. The number of carbonyl (C=O) groups is 2. The maximum Gasteiger partial charge on any atom is 0.338 e. The van der Waals surface area contributed by atoms with Crippen molar-refractivity contribution in [3.63, 3.8) is 0 Å². The summed E-state index contributed by atoms with van der Waals surface area (Å²) in [5.41, 5.74) is 0.274. The maximum atomic E-state index is 12.3. The Morgan fingerprint density at radius 2 is 2.07 bits per heavy atom. The molecule has 0 fully saturated rings. The second kappa shape index (κ2) is 10.3. The molecule has 0 atom stereocenters. The first-order valence-corrected chi connectivity index (χ1v) is 10.1. The Morgan fingerprint density at radius 3 is 2.70 bits per heavy atom. The van der Waals surface area contributed by atoms with E-state index in [-0.39, 0.29) is 18.1 Å². The van der Waals surface area contributed by atoms with Gasteiger partial charge in [0.05, 0.1) is 30.3 Å². The molecule has 8 heteroatoms. The molecule has 0 saturated heterocycles. The summed E-state index contributed by atoms with van der Waals surface area (Å²) in [5, 5.41) is 1.95. The number of carbonyl (C=O) groups excluding carboxylic acids is 2. The third kappa shape index (κ3) is 5.97. The van der Waals surface area contributed by atoms with Crippen LogP contribution in [0.15, 0.2) is 34.1 Å². The molecule has 0 unspecified atom stereocenters. The lowest BCUT2D eigenvalue weighted by atomic mass is 10.2. The molecule has 27 heavy (non-hydrogen) atoms. The number of benzene rings is 1. The number of esters is 1. The van der Waals surface area contributed by atoms with Crippen molar-refractivity contribution >= 4 is 39.1 Å². The highest BCUT2D eigenvalue weighted by Gasteiger charge is 2.18. The molecule has 2 aromatic rings. The van der Waals surface area contributed by atoms with Gasteiger partial charge < -0.3 is 19.1 Å². The standard InChI is InChI=1S/C19H22BrNO5S/c1-4-7-25-18-15(20)9-13(10-16(18)24-3)19(23)26-12-17(22)21(2)11-14-6-5-8-27-14/h5-6,8-10H,4,7,11-12H2,1-3H3. The summed E-state index contributed by atoms with van der Waals surface area (Å²) in [6, 6.07) is 7.01. The number of nitrogens with zero attached hydrogens (tertiary/aromatic N) is 1. The van der Waals surface area contributed by atoms with Gasteiger partial charge in [0.2, 0.25) is 0 Å². The normalized spacial score (nSPS) is 10.4. The fourth-order valence-corrected chi connectivity index (χ4v) is 3.54. The van der Waals surface area contributed by atoms with Gasteiger partial charge >= 0.3 is 5.97 Å². The van der Waals surface area contributed by atoms with Gasteiger partial charge in [0.1, 0.15) is 0 Å². The van der Waals surface area contributed by atoms with Crippen LogP contribution in [0.25, 0.3) is 0 Å². The van der Waals surface area contributed by atoms with Gasteiger partial charge in [-0.2, -0.15) is 0 Å². The zero-order valence-electron chi connectivity index (χ0n) is 15.5. The minimum Gasteiger partial charge on any atom is -0.493 e. The summed E-state index contributed by atoms with van der Waals surface area (Å²) >= 11 is 4.96. The predicted octanol–water partition coefficient (Wildman–Crippen LogP) is 4.12. The highest BCUT2D eigenvalue weighted by atomic mass is 79.9. The minimum atomic E-state index is -0.603. The lowest BCUT2D eigenvalue weighted by Crippen LogP contribution is -2.30. The highest BCUT2D eigenvalue weighted by molar-refractivity contribution is 9.10. The van der Waals surface area contributed by atoms with Crippen molar-refractivity contribution in [2.75, 3.05) is 27.4 Å². The maximum absolute atomic E-state index is 12.3. The first kappa shape index (κ1) is 21.2. The number of amides is 1. The van der Waals surface area contributed by atoms with Crippen LogP contribution in [0.5, 0.6) is 11.5 Å². The largest absolute Gasteiger partial charge is 0.493 e. The van der Waals surface area contributed by atoms with Gasteiger partial charge in [0, 0.05) is 11.9 Å². The molecular formula is C19H22BrNO5S. The summed E-state index contributed by atoms with van der Waals surface area (Å²) in [6.07, 6.45) is 0.848. The molecular weight excluding hydrogens is 434 g/mol. The number of rotatable bonds is 9. The van der Waals surface area contributed by atoms with Crippen LogP contribution >= 0.6 is 27.3 Å². The molecule has 0 radical (unpaired) electrons. The minimum absolute atomic E-state index is 0.273.